The second-order valence-electron chi connectivity index (χ2n) is 5.01. The second kappa shape index (κ2) is 6.34. The van der Waals surface area contributed by atoms with Crippen molar-refractivity contribution in [2.45, 2.75) is 49.7 Å². The molecule has 0 aromatic rings. The molecule has 0 rings (SSSR count). The van der Waals surface area contributed by atoms with E-state index in [4.69, 9.17) is 0 Å². The summed E-state index contributed by atoms with van der Waals surface area (Å²) >= 11 is 0. The SMILES string of the molecule is C[SiH2]C[SiH](C)C[Si](C)(C)C[SiH2]C. The standard InChI is InChI=1S/C8H26Si4/c1-9-6-11(3)8-12(4,5)7-10-2/h11H,6-10H2,1-5H3. The minimum atomic E-state index is -0.658. The predicted octanol–water partition coefficient (Wildman–Crippen LogP) is 1.44. The predicted molar refractivity (Wildman–Crippen MR) is 73.7 cm³/mol. The number of hydrogen-bond donors (Lipinski definition) is 0. The Kier molecular flexibility index (Phi) is 6.80. The zero-order valence-electron chi connectivity index (χ0n) is 9.61. The van der Waals surface area contributed by atoms with Crippen LogP contribution in [-0.2, 0) is 0 Å². The highest BCUT2D eigenvalue weighted by molar-refractivity contribution is 6.93. The maximum absolute atomic E-state index is 2.63. The molecule has 0 saturated carbocycles. The molecule has 4 heteroatoms. The van der Waals surface area contributed by atoms with Gasteiger partial charge in [-0.05, 0) is 0 Å². The number of rotatable bonds is 6. The van der Waals surface area contributed by atoms with Gasteiger partial charge in [0.05, 0.1) is 0 Å². The monoisotopic (exact) mass is 234 g/mol. The van der Waals surface area contributed by atoms with E-state index in [1.54, 1.807) is 17.0 Å². The van der Waals surface area contributed by atoms with Crippen LogP contribution in [0.4, 0.5) is 0 Å². The lowest BCUT2D eigenvalue weighted by atomic mass is 11.7. The molecule has 0 aromatic carbocycles. The Labute approximate surface area is 85.8 Å². The first-order valence-electron chi connectivity index (χ1n) is 5.52. The van der Waals surface area contributed by atoms with Gasteiger partial charge in [0.25, 0.3) is 0 Å². The van der Waals surface area contributed by atoms with Crippen molar-refractivity contribution in [2.24, 2.45) is 0 Å². The number of hydrogen-bond acceptors (Lipinski definition) is 0. The highest BCUT2D eigenvalue weighted by Gasteiger charge is 2.22. The van der Waals surface area contributed by atoms with E-state index in [0.717, 1.165) is 0 Å². The van der Waals surface area contributed by atoms with Crippen molar-refractivity contribution in [1.82, 2.24) is 0 Å². The van der Waals surface area contributed by atoms with Crippen LogP contribution in [-0.4, -0.2) is 35.9 Å². The topological polar surface area (TPSA) is 0 Å². The van der Waals surface area contributed by atoms with Gasteiger partial charge in [-0.2, -0.15) is 0 Å². The summed E-state index contributed by atoms with van der Waals surface area (Å²) in [7, 11) is -0.144. The van der Waals surface area contributed by atoms with Gasteiger partial charge in [0.2, 0.25) is 0 Å². The Bertz CT molecular complexity index is 114. The van der Waals surface area contributed by atoms with Crippen molar-refractivity contribution < 1.29 is 0 Å². The van der Waals surface area contributed by atoms with Gasteiger partial charge in [-0.1, -0.05) is 49.7 Å². The fraction of sp³-hybridized carbons (Fsp3) is 1.00. The van der Waals surface area contributed by atoms with Crippen molar-refractivity contribution >= 4 is 35.9 Å². The summed E-state index contributed by atoms with van der Waals surface area (Å²) in [5, 5.41) is 0. The Morgan fingerprint density at radius 3 is 2.17 bits per heavy atom. The fourth-order valence-electron chi connectivity index (χ4n) is 2.32. The molecule has 0 aliphatic carbocycles. The molecular weight excluding hydrogens is 208 g/mol. The van der Waals surface area contributed by atoms with Crippen molar-refractivity contribution in [3.8, 4) is 0 Å². The summed E-state index contributed by atoms with van der Waals surface area (Å²) in [4.78, 5) is 0. The molecule has 0 saturated heterocycles. The van der Waals surface area contributed by atoms with Gasteiger partial charge >= 0.3 is 0 Å². The maximum Gasteiger partial charge on any atom is 0.0413 e. The van der Waals surface area contributed by atoms with Crippen molar-refractivity contribution in [1.29, 1.82) is 0 Å². The smallest absolute Gasteiger partial charge is 0.0413 e. The van der Waals surface area contributed by atoms with E-state index < -0.39 is 8.07 Å². The molecule has 0 amide bonds. The summed E-state index contributed by atoms with van der Waals surface area (Å²) in [6.07, 6.45) is 0. The first-order chi connectivity index (χ1) is 5.52. The average Bonchev–Trinajstić information content (AvgIpc) is 1.85. The Morgan fingerprint density at radius 2 is 1.75 bits per heavy atom. The first kappa shape index (κ1) is 12.9. The highest BCUT2D eigenvalue weighted by atomic mass is 28.4. The van der Waals surface area contributed by atoms with Gasteiger partial charge in [-0.3, -0.25) is 0 Å². The molecule has 0 spiro atoms. The first-order valence-corrected chi connectivity index (χ1v) is 16.5. The third-order valence-electron chi connectivity index (χ3n) is 2.61. The summed E-state index contributed by atoms with van der Waals surface area (Å²) < 4.78 is 0. The van der Waals surface area contributed by atoms with Crippen LogP contribution in [0.5, 0.6) is 0 Å². The molecule has 74 valence electrons. The van der Waals surface area contributed by atoms with Crippen LogP contribution in [0.3, 0.4) is 0 Å². The van der Waals surface area contributed by atoms with Gasteiger partial charge < -0.3 is 0 Å². The molecule has 1 atom stereocenters. The van der Waals surface area contributed by atoms with Crippen LogP contribution in [0.2, 0.25) is 49.7 Å². The molecule has 0 fully saturated rings. The fourth-order valence-corrected chi connectivity index (χ4v) is 24.5. The van der Waals surface area contributed by atoms with E-state index in [1.807, 2.05) is 0 Å². The lowest BCUT2D eigenvalue weighted by Gasteiger charge is -2.24. The highest BCUT2D eigenvalue weighted by Crippen LogP contribution is 2.17. The molecule has 0 heterocycles. The maximum atomic E-state index is 2.63. The third kappa shape index (κ3) is 6.39. The molecule has 0 N–H and O–H groups in total. The minimum absolute atomic E-state index is 0.213. The lowest BCUT2D eigenvalue weighted by Crippen LogP contribution is -2.33. The molecule has 0 aliphatic rings. The Balaban J connectivity index is 3.70. The normalized spacial score (nSPS) is 16.8. The average molecular weight is 235 g/mol. The molecule has 0 bridgehead atoms. The van der Waals surface area contributed by atoms with E-state index in [2.05, 4.69) is 32.7 Å². The van der Waals surface area contributed by atoms with Crippen LogP contribution in [0.15, 0.2) is 0 Å². The van der Waals surface area contributed by atoms with Crippen LogP contribution < -0.4 is 0 Å². The zero-order chi connectivity index (χ0) is 9.61. The quantitative estimate of drug-likeness (QED) is 0.610. The van der Waals surface area contributed by atoms with Crippen molar-refractivity contribution in [2.75, 3.05) is 0 Å². The van der Waals surface area contributed by atoms with Gasteiger partial charge in [-0.15, -0.1) is 0 Å². The molecule has 1 unspecified atom stereocenters. The summed E-state index contributed by atoms with van der Waals surface area (Å²) in [5.74, 6) is 0. The van der Waals surface area contributed by atoms with E-state index in [1.165, 1.54) is 0 Å². The van der Waals surface area contributed by atoms with Gasteiger partial charge in [0.1, 0.15) is 0 Å². The summed E-state index contributed by atoms with van der Waals surface area (Å²) in [5.41, 5.74) is 5.17. The summed E-state index contributed by atoms with van der Waals surface area (Å²) in [6, 6.07) is 0. The van der Waals surface area contributed by atoms with E-state index >= 15 is 0 Å². The van der Waals surface area contributed by atoms with E-state index in [0.29, 0.717) is 19.0 Å². The van der Waals surface area contributed by atoms with Gasteiger partial charge in [-0.25, -0.2) is 0 Å². The molecule has 0 aliphatic heterocycles. The largest absolute Gasteiger partial charge is 0.0750 e. The Hall–Kier alpha value is 0.868. The minimum Gasteiger partial charge on any atom is -0.0750 e. The van der Waals surface area contributed by atoms with E-state index in [-0.39, 0.29) is 8.80 Å². The molecule has 12 heavy (non-hydrogen) atoms. The van der Waals surface area contributed by atoms with Crippen LogP contribution in [0, 0.1) is 0 Å². The Morgan fingerprint density at radius 1 is 1.17 bits per heavy atom. The van der Waals surface area contributed by atoms with Crippen LogP contribution in [0.25, 0.3) is 0 Å². The van der Waals surface area contributed by atoms with Gasteiger partial charge in [0, 0.05) is 35.9 Å². The van der Waals surface area contributed by atoms with Gasteiger partial charge in [0.15, 0.2) is 0 Å². The molecule has 0 radical (unpaired) electrons. The second-order valence-corrected chi connectivity index (χ2v) is 19.5. The lowest BCUT2D eigenvalue weighted by molar-refractivity contribution is 1.52. The third-order valence-corrected chi connectivity index (χ3v) is 23.5. The summed E-state index contributed by atoms with van der Waals surface area (Å²) in [6.45, 7) is 12.8. The molecule has 0 aromatic heterocycles. The molecule has 0 nitrogen and oxygen atoms in total. The molecular formula is C8H26Si4. The van der Waals surface area contributed by atoms with Crippen LogP contribution in [0.1, 0.15) is 0 Å². The zero-order valence-corrected chi connectivity index (χ0v) is 14.6. The van der Waals surface area contributed by atoms with E-state index in [9.17, 15) is 0 Å². The van der Waals surface area contributed by atoms with Crippen molar-refractivity contribution in [3.63, 3.8) is 0 Å². The van der Waals surface area contributed by atoms with Crippen LogP contribution >= 0.6 is 0 Å². The van der Waals surface area contributed by atoms with Crippen molar-refractivity contribution in [3.05, 3.63) is 0 Å².